The Bertz CT molecular complexity index is 1050. The molecule has 6 nitrogen and oxygen atoms in total. The number of Topliss-reactive ketones (excluding diaryl/α,β-unsaturated/α-hetero) is 1. The fourth-order valence-corrected chi connectivity index (χ4v) is 6.00. The summed E-state index contributed by atoms with van der Waals surface area (Å²) in [5.74, 6) is -0.360. The first-order valence-corrected chi connectivity index (χ1v) is 13.6. The van der Waals surface area contributed by atoms with Gasteiger partial charge in [-0.1, -0.05) is 81.4 Å². The molecule has 2 fully saturated rings. The lowest BCUT2D eigenvalue weighted by atomic mass is 9.69. The highest BCUT2D eigenvalue weighted by atomic mass is 16.3. The van der Waals surface area contributed by atoms with Gasteiger partial charge in [0.25, 0.3) is 5.91 Å². The van der Waals surface area contributed by atoms with Crippen molar-refractivity contribution < 1.29 is 19.5 Å². The Kier molecular flexibility index (Phi) is 8.29. The number of nitrogens with one attached hydrogen (secondary N) is 1. The molecule has 37 heavy (non-hydrogen) atoms. The van der Waals surface area contributed by atoms with Crippen LogP contribution < -0.4 is 5.32 Å². The van der Waals surface area contributed by atoms with Crippen molar-refractivity contribution in [2.45, 2.75) is 70.9 Å². The first-order valence-electron chi connectivity index (χ1n) is 13.6. The molecule has 1 aliphatic heterocycles. The Labute approximate surface area is 220 Å². The molecule has 0 bridgehead atoms. The molecule has 0 radical (unpaired) electrons. The summed E-state index contributed by atoms with van der Waals surface area (Å²) >= 11 is 0. The van der Waals surface area contributed by atoms with Crippen molar-refractivity contribution in [1.29, 1.82) is 0 Å². The lowest BCUT2D eigenvalue weighted by Crippen LogP contribution is -2.53. The molecule has 2 aliphatic rings. The Hall–Kier alpha value is -2.83. The molecule has 2 amide bonds. The van der Waals surface area contributed by atoms with E-state index in [1.807, 2.05) is 4.90 Å². The van der Waals surface area contributed by atoms with E-state index in [9.17, 15) is 19.5 Å². The SMILES string of the molecule is CC(C)(C)C1CCC(C(=O)CN2CCC[C@H]2C(=O)NC(=O)C(O)(c2ccccc2)c2ccccc2)CC1. The Balaban J connectivity index is 1.42. The summed E-state index contributed by atoms with van der Waals surface area (Å²) in [4.78, 5) is 41.8. The topological polar surface area (TPSA) is 86.7 Å². The van der Waals surface area contributed by atoms with Gasteiger partial charge in [0.2, 0.25) is 5.91 Å². The number of carbonyl (C=O) groups is 3. The van der Waals surface area contributed by atoms with Crippen molar-refractivity contribution in [1.82, 2.24) is 10.2 Å². The van der Waals surface area contributed by atoms with E-state index in [0.717, 1.165) is 32.1 Å². The fraction of sp³-hybridized carbons (Fsp3) is 0.516. The highest BCUT2D eigenvalue weighted by molar-refractivity contribution is 6.03. The third kappa shape index (κ3) is 6.02. The molecule has 0 spiro atoms. The highest BCUT2D eigenvalue weighted by Gasteiger charge is 2.43. The summed E-state index contributed by atoms with van der Waals surface area (Å²) in [6.07, 6.45) is 5.32. The molecule has 2 aromatic rings. The summed E-state index contributed by atoms with van der Waals surface area (Å²) in [6, 6.07) is 16.7. The lowest BCUT2D eigenvalue weighted by Gasteiger charge is -2.37. The Morgan fingerprint density at radius 2 is 1.41 bits per heavy atom. The van der Waals surface area contributed by atoms with Gasteiger partial charge in [-0.25, -0.2) is 0 Å². The smallest absolute Gasteiger partial charge is 0.267 e. The third-order valence-electron chi connectivity index (χ3n) is 8.38. The average molecular weight is 505 g/mol. The van der Waals surface area contributed by atoms with Crippen LogP contribution in [0.15, 0.2) is 60.7 Å². The van der Waals surface area contributed by atoms with Gasteiger partial charge in [-0.15, -0.1) is 0 Å². The van der Waals surface area contributed by atoms with Crippen LogP contribution in [-0.4, -0.2) is 46.7 Å². The van der Waals surface area contributed by atoms with Crippen LogP contribution in [0, 0.1) is 17.3 Å². The average Bonchev–Trinajstić information content (AvgIpc) is 3.37. The van der Waals surface area contributed by atoms with E-state index in [2.05, 4.69) is 26.1 Å². The van der Waals surface area contributed by atoms with Crippen LogP contribution in [0.4, 0.5) is 0 Å². The summed E-state index contributed by atoms with van der Waals surface area (Å²) < 4.78 is 0. The molecule has 2 aromatic carbocycles. The van der Waals surface area contributed by atoms with Gasteiger partial charge in [0.1, 0.15) is 5.78 Å². The molecule has 2 N–H and O–H groups in total. The van der Waals surface area contributed by atoms with E-state index < -0.39 is 23.5 Å². The van der Waals surface area contributed by atoms with E-state index in [-0.39, 0.29) is 23.7 Å². The van der Waals surface area contributed by atoms with Crippen LogP contribution in [0.5, 0.6) is 0 Å². The highest BCUT2D eigenvalue weighted by Crippen LogP contribution is 2.40. The van der Waals surface area contributed by atoms with Gasteiger partial charge < -0.3 is 5.11 Å². The minimum absolute atomic E-state index is 0.0470. The predicted octanol–water partition coefficient (Wildman–Crippen LogP) is 4.45. The van der Waals surface area contributed by atoms with Gasteiger partial charge in [0.05, 0.1) is 12.6 Å². The number of hydrogen-bond acceptors (Lipinski definition) is 5. The van der Waals surface area contributed by atoms with Gasteiger partial charge >= 0.3 is 0 Å². The van der Waals surface area contributed by atoms with Crippen LogP contribution in [0.1, 0.15) is 70.4 Å². The van der Waals surface area contributed by atoms with E-state index in [1.54, 1.807) is 60.7 Å². The van der Waals surface area contributed by atoms with Gasteiger partial charge in [-0.3, -0.25) is 24.6 Å². The summed E-state index contributed by atoms with van der Waals surface area (Å²) in [6.45, 7) is 7.69. The molecule has 0 unspecified atom stereocenters. The quantitative estimate of drug-likeness (QED) is 0.582. The van der Waals surface area contributed by atoms with Crippen molar-refractivity contribution in [3.8, 4) is 0 Å². The van der Waals surface area contributed by atoms with Crippen LogP contribution in [0.3, 0.4) is 0 Å². The summed E-state index contributed by atoms with van der Waals surface area (Å²) in [5.41, 5.74) is -0.977. The number of rotatable bonds is 7. The predicted molar refractivity (Wildman–Crippen MR) is 144 cm³/mol. The molecule has 1 aliphatic carbocycles. The Morgan fingerprint density at radius 1 is 0.865 bits per heavy atom. The maximum Gasteiger partial charge on any atom is 0.267 e. The van der Waals surface area contributed by atoms with Crippen molar-refractivity contribution in [3.05, 3.63) is 71.8 Å². The minimum Gasteiger partial charge on any atom is -0.372 e. The fourth-order valence-electron chi connectivity index (χ4n) is 6.00. The maximum absolute atomic E-state index is 13.5. The number of aliphatic hydroxyl groups is 1. The first kappa shape index (κ1) is 27.2. The van der Waals surface area contributed by atoms with Crippen molar-refractivity contribution in [2.24, 2.45) is 17.3 Å². The number of benzene rings is 2. The summed E-state index contributed by atoms with van der Waals surface area (Å²) in [7, 11) is 0. The molecular weight excluding hydrogens is 464 g/mol. The van der Waals surface area contributed by atoms with Crippen LogP contribution in [-0.2, 0) is 20.0 Å². The van der Waals surface area contributed by atoms with E-state index in [4.69, 9.17) is 0 Å². The number of likely N-dealkylation sites (tertiary alicyclic amines) is 1. The van der Waals surface area contributed by atoms with E-state index >= 15 is 0 Å². The van der Waals surface area contributed by atoms with Crippen LogP contribution in [0.2, 0.25) is 0 Å². The van der Waals surface area contributed by atoms with Gasteiger partial charge in [0.15, 0.2) is 5.60 Å². The van der Waals surface area contributed by atoms with E-state index in [1.165, 1.54) is 0 Å². The zero-order valence-electron chi connectivity index (χ0n) is 22.3. The van der Waals surface area contributed by atoms with Crippen LogP contribution >= 0.6 is 0 Å². The summed E-state index contributed by atoms with van der Waals surface area (Å²) in [5, 5.41) is 14.1. The molecule has 6 heteroatoms. The second-order valence-electron chi connectivity index (χ2n) is 11.8. The standard InChI is InChI=1S/C31H40N2O4/c1-30(2,3)23-18-16-22(17-19-23)27(34)21-33-20-10-15-26(33)28(35)32-29(36)31(37,24-11-6-4-7-12-24)25-13-8-5-9-14-25/h4-9,11-14,22-23,26,37H,10,15-21H2,1-3H3,(H,32,35,36)/t22?,23?,26-/m0/s1. The van der Waals surface area contributed by atoms with Crippen molar-refractivity contribution in [2.75, 3.05) is 13.1 Å². The number of imide groups is 1. The number of nitrogens with zero attached hydrogens (tertiary/aromatic N) is 1. The molecule has 1 heterocycles. The van der Waals surface area contributed by atoms with Gasteiger partial charge in [-0.2, -0.15) is 0 Å². The molecule has 4 rings (SSSR count). The van der Waals surface area contributed by atoms with E-state index in [0.29, 0.717) is 30.0 Å². The number of amides is 2. The molecule has 198 valence electrons. The second-order valence-corrected chi connectivity index (χ2v) is 11.8. The molecule has 0 aromatic heterocycles. The number of hydrogen-bond donors (Lipinski definition) is 2. The van der Waals surface area contributed by atoms with Crippen molar-refractivity contribution in [3.63, 3.8) is 0 Å². The largest absolute Gasteiger partial charge is 0.372 e. The lowest BCUT2D eigenvalue weighted by molar-refractivity contribution is -0.143. The van der Waals surface area contributed by atoms with Gasteiger partial charge in [0, 0.05) is 5.92 Å². The molecule has 1 saturated heterocycles. The van der Waals surface area contributed by atoms with Crippen molar-refractivity contribution >= 4 is 17.6 Å². The molecule has 1 saturated carbocycles. The maximum atomic E-state index is 13.5. The first-order chi connectivity index (χ1) is 17.6. The minimum atomic E-state index is -2.01. The number of ketones is 1. The normalized spacial score (nSPS) is 23.0. The molecule has 1 atom stereocenters. The zero-order chi connectivity index (χ0) is 26.6. The zero-order valence-corrected chi connectivity index (χ0v) is 22.3. The van der Waals surface area contributed by atoms with Gasteiger partial charge in [-0.05, 0) is 67.5 Å². The Morgan fingerprint density at radius 3 is 1.92 bits per heavy atom. The second kappa shape index (κ2) is 11.3. The number of carbonyl (C=O) groups excluding carboxylic acids is 3. The third-order valence-corrected chi connectivity index (χ3v) is 8.38. The monoisotopic (exact) mass is 504 g/mol. The molecular formula is C31H40N2O4. The van der Waals surface area contributed by atoms with Crippen LogP contribution in [0.25, 0.3) is 0 Å².